The van der Waals surface area contributed by atoms with Crippen molar-refractivity contribution >= 4 is 17.7 Å². The highest BCUT2D eigenvalue weighted by Gasteiger charge is 2.27. The summed E-state index contributed by atoms with van der Waals surface area (Å²) in [7, 11) is 0. The van der Waals surface area contributed by atoms with Crippen molar-refractivity contribution in [2.75, 3.05) is 17.2 Å². The molecule has 0 bridgehead atoms. The Labute approximate surface area is 198 Å². The molecule has 3 heterocycles. The van der Waals surface area contributed by atoms with Crippen molar-refractivity contribution in [2.45, 2.75) is 19.5 Å². The maximum Gasteiger partial charge on any atom is 0.322 e. The Kier molecular flexibility index (Phi) is 6.01. The molecule has 0 spiro atoms. The highest BCUT2D eigenvalue weighted by molar-refractivity contribution is 5.89. The van der Waals surface area contributed by atoms with E-state index in [2.05, 4.69) is 10.6 Å². The third-order valence-corrected chi connectivity index (χ3v) is 5.70. The summed E-state index contributed by atoms with van der Waals surface area (Å²) in [5.74, 6) is -0.997. The third kappa shape index (κ3) is 4.63. The molecule has 2 N–H and O–H groups in total. The van der Waals surface area contributed by atoms with Crippen molar-refractivity contribution in [3.63, 3.8) is 0 Å². The SMILES string of the molecule is O=C(Nc1ccc(F)c(F)c1)N1CCc2nc(NCc3ccco3)n(-c3ccccc3)c(=O)c2C1. The van der Waals surface area contributed by atoms with Gasteiger partial charge in [0, 0.05) is 24.7 Å². The van der Waals surface area contributed by atoms with E-state index in [9.17, 15) is 18.4 Å². The van der Waals surface area contributed by atoms with E-state index >= 15 is 0 Å². The first-order valence-corrected chi connectivity index (χ1v) is 11.0. The van der Waals surface area contributed by atoms with Crippen molar-refractivity contribution in [1.29, 1.82) is 0 Å². The van der Waals surface area contributed by atoms with Crippen LogP contribution in [0.3, 0.4) is 0 Å². The fraction of sp³-hybridized carbons (Fsp3) is 0.160. The summed E-state index contributed by atoms with van der Waals surface area (Å²) >= 11 is 0. The fourth-order valence-electron chi connectivity index (χ4n) is 3.94. The standard InChI is InChI=1S/C25H21F2N5O3/c26-20-9-8-16(13-21(20)27)29-25(34)31-11-10-22-19(15-31)23(33)32(17-5-2-1-3-6-17)24(30-22)28-14-18-7-4-12-35-18/h1-9,12-13H,10-11,14-15H2,(H,28,30)(H,29,34). The van der Waals surface area contributed by atoms with Gasteiger partial charge < -0.3 is 20.0 Å². The maximum absolute atomic E-state index is 13.6. The Morgan fingerprint density at radius 2 is 1.89 bits per heavy atom. The molecule has 0 atom stereocenters. The number of amides is 2. The Balaban J connectivity index is 1.44. The molecule has 0 saturated carbocycles. The lowest BCUT2D eigenvalue weighted by Crippen LogP contribution is -2.43. The van der Waals surface area contributed by atoms with Gasteiger partial charge in [-0.25, -0.2) is 23.1 Å². The van der Waals surface area contributed by atoms with Crippen LogP contribution >= 0.6 is 0 Å². The number of furan rings is 1. The van der Waals surface area contributed by atoms with Gasteiger partial charge in [-0.3, -0.25) is 4.79 Å². The van der Waals surface area contributed by atoms with Gasteiger partial charge in [-0.1, -0.05) is 18.2 Å². The highest BCUT2D eigenvalue weighted by Crippen LogP contribution is 2.21. The summed E-state index contributed by atoms with van der Waals surface area (Å²) in [5.41, 5.74) is 1.44. The second-order valence-corrected chi connectivity index (χ2v) is 8.00. The number of anilines is 2. The molecular formula is C25H21F2N5O3. The van der Waals surface area contributed by atoms with Crippen molar-refractivity contribution in [2.24, 2.45) is 0 Å². The molecule has 1 aliphatic heterocycles. The van der Waals surface area contributed by atoms with Crippen molar-refractivity contribution in [3.05, 3.63) is 106 Å². The van der Waals surface area contributed by atoms with E-state index in [1.807, 2.05) is 24.3 Å². The van der Waals surface area contributed by atoms with Gasteiger partial charge in [0.05, 0.1) is 36.3 Å². The molecule has 0 unspecified atom stereocenters. The van der Waals surface area contributed by atoms with Gasteiger partial charge in [-0.2, -0.15) is 0 Å². The minimum Gasteiger partial charge on any atom is -0.467 e. The van der Waals surface area contributed by atoms with Gasteiger partial charge >= 0.3 is 6.03 Å². The summed E-state index contributed by atoms with van der Waals surface area (Å²) in [5, 5.41) is 5.73. The number of hydrogen-bond acceptors (Lipinski definition) is 5. The molecule has 8 nitrogen and oxygen atoms in total. The Bertz CT molecular complexity index is 1420. The summed E-state index contributed by atoms with van der Waals surface area (Å²) in [4.78, 5) is 32.6. The van der Waals surface area contributed by atoms with Crippen LogP contribution in [0.1, 0.15) is 17.0 Å². The number of halogens is 2. The first-order chi connectivity index (χ1) is 17.0. The molecule has 0 fully saturated rings. The number of nitrogens with zero attached hydrogens (tertiary/aromatic N) is 3. The molecule has 0 radical (unpaired) electrons. The average molecular weight is 477 g/mol. The summed E-state index contributed by atoms with van der Waals surface area (Å²) < 4.78 is 33.6. The smallest absolute Gasteiger partial charge is 0.322 e. The second-order valence-electron chi connectivity index (χ2n) is 8.00. The first-order valence-electron chi connectivity index (χ1n) is 11.0. The van der Waals surface area contributed by atoms with Gasteiger partial charge in [0.1, 0.15) is 5.76 Å². The zero-order valence-corrected chi connectivity index (χ0v) is 18.5. The third-order valence-electron chi connectivity index (χ3n) is 5.70. The normalized spacial score (nSPS) is 12.8. The summed E-state index contributed by atoms with van der Waals surface area (Å²) in [6.45, 7) is 0.678. The second kappa shape index (κ2) is 9.41. The Morgan fingerprint density at radius 3 is 2.63 bits per heavy atom. The van der Waals surface area contributed by atoms with Crippen molar-refractivity contribution < 1.29 is 18.0 Å². The minimum absolute atomic E-state index is 0.0297. The van der Waals surface area contributed by atoms with Crippen LogP contribution in [0.25, 0.3) is 5.69 Å². The highest BCUT2D eigenvalue weighted by atomic mass is 19.2. The number of para-hydroxylation sites is 1. The Morgan fingerprint density at radius 1 is 1.06 bits per heavy atom. The van der Waals surface area contributed by atoms with Crippen molar-refractivity contribution in [3.8, 4) is 5.69 Å². The van der Waals surface area contributed by atoms with Gasteiger partial charge in [0.2, 0.25) is 5.95 Å². The van der Waals surface area contributed by atoms with E-state index in [1.54, 1.807) is 24.5 Å². The maximum atomic E-state index is 13.6. The molecule has 2 aromatic carbocycles. The van der Waals surface area contributed by atoms with Crippen LogP contribution in [-0.2, 0) is 19.5 Å². The van der Waals surface area contributed by atoms with Crippen LogP contribution < -0.4 is 16.2 Å². The lowest BCUT2D eigenvalue weighted by Gasteiger charge is -2.29. The minimum atomic E-state index is -1.06. The van der Waals surface area contributed by atoms with E-state index in [4.69, 9.17) is 9.40 Å². The number of hydrogen-bond donors (Lipinski definition) is 2. The molecule has 2 aromatic heterocycles. The molecule has 178 valence electrons. The number of fused-ring (bicyclic) bond motifs is 1. The lowest BCUT2D eigenvalue weighted by atomic mass is 10.1. The van der Waals surface area contributed by atoms with Gasteiger partial charge in [-0.05, 0) is 36.4 Å². The lowest BCUT2D eigenvalue weighted by molar-refractivity contribution is 0.205. The molecule has 35 heavy (non-hydrogen) atoms. The van der Waals surface area contributed by atoms with Gasteiger partial charge in [0.15, 0.2) is 11.6 Å². The molecule has 5 rings (SSSR count). The van der Waals surface area contributed by atoms with Crippen LogP contribution in [-0.4, -0.2) is 27.0 Å². The van der Waals surface area contributed by atoms with Crippen molar-refractivity contribution in [1.82, 2.24) is 14.5 Å². The topological polar surface area (TPSA) is 92.4 Å². The molecular weight excluding hydrogens is 456 g/mol. The van der Waals surface area contributed by atoms with Crippen LogP contribution in [0.2, 0.25) is 0 Å². The monoisotopic (exact) mass is 477 g/mol. The first kappa shape index (κ1) is 22.3. The van der Waals surface area contributed by atoms with E-state index in [0.29, 0.717) is 48.2 Å². The number of benzene rings is 2. The zero-order chi connectivity index (χ0) is 24.4. The summed E-state index contributed by atoms with van der Waals surface area (Å²) in [6, 6.07) is 15.3. The molecule has 2 amide bonds. The van der Waals surface area contributed by atoms with E-state index in [0.717, 1.165) is 12.1 Å². The van der Waals surface area contributed by atoms with E-state index in [-0.39, 0.29) is 17.8 Å². The summed E-state index contributed by atoms with van der Waals surface area (Å²) in [6.07, 6.45) is 1.93. The van der Waals surface area contributed by atoms with Gasteiger partial charge in [-0.15, -0.1) is 0 Å². The molecule has 10 heteroatoms. The molecule has 1 aliphatic rings. The fourth-order valence-corrected chi connectivity index (χ4v) is 3.94. The zero-order valence-electron chi connectivity index (χ0n) is 18.5. The molecule has 4 aromatic rings. The quantitative estimate of drug-likeness (QED) is 0.447. The number of rotatable bonds is 5. The number of nitrogens with one attached hydrogen (secondary N) is 2. The van der Waals surface area contributed by atoms with Crippen LogP contribution in [0.15, 0.2) is 76.1 Å². The number of carbonyl (C=O) groups excluding carboxylic acids is 1. The van der Waals surface area contributed by atoms with Crippen LogP contribution in [0.4, 0.5) is 25.2 Å². The predicted octanol–water partition coefficient (Wildman–Crippen LogP) is 4.31. The Hall–Kier alpha value is -4.47. The molecule has 0 aliphatic carbocycles. The van der Waals surface area contributed by atoms with Crippen LogP contribution in [0.5, 0.6) is 0 Å². The van der Waals surface area contributed by atoms with Crippen LogP contribution in [0, 0.1) is 11.6 Å². The molecule has 0 saturated heterocycles. The number of carbonyl (C=O) groups is 1. The average Bonchev–Trinajstić information content (AvgIpc) is 3.39. The predicted molar refractivity (Wildman–Crippen MR) is 125 cm³/mol. The van der Waals surface area contributed by atoms with Gasteiger partial charge in [0.25, 0.3) is 5.56 Å². The van der Waals surface area contributed by atoms with E-state index in [1.165, 1.54) is 15.5 Å². The number of urea groups is 1. The number of aromatic nitrogens is 2. The van der Waals surface area contributed by atoms with E-state index < -0.39 is 17.7 Å². The largest absolute Gasteiger partial charge is 0.467 e.